The van der Waals surface area contributed by atoms with E-state index in [9.17, 15) is 9.59 Å². The van der Waals surface area contributed by atoms with Crippen molar-refractivity contribution in [1.29, 1.82) is 0 Å². The molecular weight excluding hydrogens is 286 g/mol. The number of fused-ring (bicyclic) bond motifs is 1. The van der Waals surface area contributed by atoms with Gasteiger partial charge in [-0.2, -0.15) is 0 Å². The second-order valence-corrected chi connectivity index (χ2v) is 5.70. The summed E-state index contributed by atoms with van der Waals surface area (Å²) < 4.78 is 1.66. The lowest BCUT2D eigenvalue weighted by Crippen LogP contribution is -2.10. The summed E-state index contributed by atoms with van der Waals surface area (Å²) in [6, 6.07) is 11.1. The molecule has 0 saturated carbocycles. The predicted molar refractivity (Wildman–Crippen MR) is 82.0 cm³/mol. The van der Waals surface area contributed by atoms with Crippen LogP contribution in [0.4, 0.5) is 0 Å². The Balaban J connectivity index is 2.03. The Hall–Kier alpha value is -2.40. The largest absolute Gasteiger partial charge is 0.481 e. The van der Waals surface area contributed by atoms with Gasteiger partial charge < -0.3 is 9.67 Å². The van der Waals surface area contributed by atoms with Crippen molar-refractivity contribution in [1.82, 2.24) is 4.57 Å². The molecule has 3 rings (SSSR count). The average Bonchev–Trinajstić information content (AvgIpc) is 3.03. The van der Waals surface area contributed by atoms with E-state index in [1.807, 2.05) is 29.6 Å². The van der Waals surface area contributed by atoms with Gasteiger partial charge in [-0.3, -0.25) is 9.59 Å². The van der Waals surface area contributed by atoms with Crippen molar-refractivity contribution < 1.29 is 14.7 Å². The fourth-order valence-corrected chi connectivity index (χ4v) is 3.37. The third-order valence-corrected chi connectivity index (χ3v) is 4.52. The van der Waals surface area contributed by atoms with Crippen LogP contribution in [-0.2, 0) is 18.3 Å². The lowest BCUT2D eigenvalue weighted by atomic mass is 10.1. The maximum atomic E-state index is 12.7. The molecule has 4 nitrogen and oxygen atoms in total. The van der Waals surface area contributed by atoms with E-state index in [-0.39, 0.29) is 12.2 Å². The number of carbonyl (C=O) groups excluding carboxylic acids is 1. The first kappa shape index (κ1) is 13.6. The molecule has 3 aromatic rings. The van der Waals surface area contributed by atoms with Crippen LogP contribution < -0.4 is 0 Å². The van der Waals surface area contributed by atoms with Crippen LogP contribution in [0.1, 0.15) is 21.1 Å². The number of carbonyl (C=O) groups is 2. The predicted octanol–water partition coefficient (Wildman–Crippen LogP) is 3.10. The Bertz CT molecular complexity index is 844. The van der Waals surface area contributed by atoms with E-state index in [1.54, 1.807) is 23.7 Å². The first-order chi connectivity index (χ1) is 10.1. The summed E-state index contributed by atoms with van der Waals surface area (Å²) in [5.74, 6) is -0.975. The highest BCUT2D eigenvalue weighted by Crippen LogP contribution is 2.28. The summed E-state index contributed by atoms with van der Waals surface area (Å²) >= 11 is 1.42. The molecule has 106 valence electrons. The van der Waals surface area contributed by atoms with Crippen molar-refractivity contribution in [3.05, 3.63) is 58.0 Å². The zero-order valence-electron chi connectivity index (χ0n) is 11.4. The minimum atomic E-state index is -0.906. The molecule has 2 heterocycles. The number of aliphatic carboxylic acids is 1. The highest BCUT2D eigenvalue weighted by Gasteiger charge is 2.19. The molecule has 0 amide bonds. The van der Waals surface area contributed by atoms with Gasteiger partial charge in [-0.25, -0.2) is 0 Å². The van der Waals surface area contributed by atoms with Gasteiger partial charge in [-0.15, -0.1) is 11.3 Å². The first-order valence-electron chi connectivity index (χ1n) is 6.45. The molecule has 1 aromatic carbocycles. The normalized spacial score (nSPS) is 10.9. The number of aromatic nitrogens is 1. The molecule has 0 radical (unpaired) electrons. The Morgan fingerprint density at radius 2 is 1.95 bits per heavy atom. The van der Waals surface area contributed by atoms with Crippen LogP contribution in [0.25, 0.3) is 10.8 Å². The molecule has 5 heteroatoms. The number of hydrogen-bond donors (Lipinski definition) is 1. The van der Waals surface area contributed by atoms with Gasteiger partial charge >= 0.3 is 5.97 Å². The van der Waals surface area contributed by atoms with Crippen molar-refractivity contribution in [2.75, 3.05) is 0 Å². The van der Waals surface area contributed by atoms with Crippen LogP contribution in [0, 0.1) is 0 Å². The fraction of sp³-hybridized carbons (Fsp3) is 0.125. The van der Waals surface area contributed by atoms with E-state index in [1.165, 1.54) is 11.3 Å². The SMILES string of the molecule is Cn1c(CC(=O)O)ccc1C(=O)c1scc2ccccc12. The molecule has 1 N–H and O–H groups in total. The number of thiophene rings is 1. The molecule has 2 aromatic heterocycles. The van der Waals surface area contributed by atoms with E-state index < -0.39 is 5.97 Å². The maximum Gasteiger partial charge on any atom is 0.309 e. The van der Waals surface area contributed by atoms with Gasteiger partial charge in [-0.05, 0) is 22.9 Å². The number of rotatable bonds is 4. The minimum absolute atomic E-state index is 0.0691. The average molecular weight is 299 g/mol. The van der Waals surface area contributed by atoms with Crippen LogP contribution in [0.5, 0.6) is 0 Å². The van der Waals surface area contributed by atoms with E-state index in [0.29, 0.717) is 16.3 Å². The highest BCUT2D eigenvalue weighted by molar-refractivity contribution is 7.14. The third-order valence-electron chi connectivity index (χ3n) is 3.51. The van der Waals surface area contributed by atoms with Crippen LogP contribution in [0.15, 0.2) is 41.8 Å². The summed E-state index contributed by atoms with van der Waals surface area (Å²) in [5.41, 5.74) is 1.13. The van der Waals surface area contributed by atoms with E-state index in [2.05, 4.69) is 0 Å². The molecular formula is C16H13NO3S. The number of ketones is 1. The van der Waals surface area contributed by atoms with Gasteiger partial charge in [0.05, 0.1) is 17.0 Å². The fourth-order valence-electron chi connectivity index (χ4n) is 2.40. The molecule has 0 saturated heterocycles. The number of carboxylic acids is 1. The smallest absolute Gasteiger partial charge is 0.309 e. The lowest BCUT2D eigenvalue weighted by Gasteiger charge is -2.05. The molecule has 21 heavy (non-hydrogen) atoms. The van der Waals surface area contributed by atoms with Gasteiger partial charge in [-0.1, -0.05) is 24.3 Å². The quantitative estimate of drug-likeness (QED) is 0.753. The second-order valence-electron chi connectivity index (χ2n) is 4.82. The molecule has 0 aliphatic rings. The van der Waals surface area contributed by atoms with Crippen LogP contribution in [-0.4, -0.2) is 21.4 Å². The topological polar surface area (TPSA) is 59.3 Å². The zero-order valence-corrected chi connectivity index (χ0v) is 12.2. The molecule has 0 aliphatic heterocycles. The van der Waals surface area contributed by atoms with E-state index >= 15 is 0 Å². The molecule has 0 aliphatic carbocycles. The van der Waals surface area contributed by atoms with Crippen molar-refractivity contribution in [2.45, 2.75) is 6.42 Å². The number of nitrogens with zero attached hydrogens (tertiary/aromatic N) is 1. The van der Waals surface area contributed by atoms with Crippen molar-refractivity contribution in [3.8, 4) is 0 Å². The highest BCUT2D eigenvalue weighted by atomic mass is 32.1. The molecule has 0 atom stereocenters. The van der Waals surface area contributed by atoms with Crippen molar-refractivity contribution in [2.24, 2.45) is 7.05 Å². The first-order valence-corrected chi connectivity index (χ1v) is 7.33. The van der Waals surface area contributed by atoms with E-state index in [0.717, 1.165) is 10.8 Å². The summed E-state index contributed by atoms with van der Waals surface area (Å²) in [6.45, 7) is 0. The molecule has 0 unspecified atom stereocenters. The van der Waals surface area contributed by atoms with Gasteiger partial charge in [0.2, 0.25) is 5.78 Å². The second kappa shape index (κ2) is 5.18. The van der Waals surface area contributed by atoms with Crippen molar-refractivity contribution >= 4 is 33.9 Å². The Labute approximate surface area is 125 Å². The zero-order chi connectivity index (χ0) is 15.0. The number of benzene rings is 1. The minimum Gasteiger partial charge on any atom is -0.481 e. The molecule has 0 fully saturated rings. The van der Waals surface area contributed by atoms with Crippen LogP contribution in [0.2, 0.25) is 0 Å². The van der Waals surface area contributed by atoms with Gasteiger partial charge in [0, 0.05) is 18.1 Å². The van der Waals surface area contributed by atoms with Crippen LogP contribution >= 0.6 is 11.3 Å². The monoisotopic (exact) mass is 299 g/mol. The van der Waals surface area contributed by atoms with Gasteiger partial charge in [0.25, 0.3) is 0 Å². The van der Waals surface area contributed by atoms with Gasteiger partial charge in [0.1, 0.15) is 0 Å². The number of carboxylic acid groups (broad SMARTS) is 1. The Morgan fingerprint density at radius 3 is 2.71 bits per heavy atom. The van der Waals surface area contributed by atoms with Crippen LogP contribution in [0.3, 0.4) is 0 Å². The summed E-state index contributed by atoms with van der Waals surface area (Å²) in [4.78, 5) is 24.2. The standard InChI is InChI=1S/C16H13NO3S/c1-17-11(8-14(18)19)6-7-13(17)15(20)16-12-5-3-2-4-10(12)9-21-16/h2-7,9H,8H2,1H3,(H,18,19). The molecule has 0 bridgehead atoms. The van der Waals surface area contributed by atoms with E-state index in [4.69, 9.17) is 5.11 Å². The van der Waals surface area contributed by atoms with Gasteiger partial charge in [0.15, 0.2) is 0 Å². The summed E-state index contributed by atoms with van der Waals surface area (Å²) in [5, 5.41) is 12.8. The third kappa shape index (κ3) is 2.36. The summed E-state index contributed by atoms with van der Waals surface area (Å²) in [6.07, 6.45) is -0.0883. The molecule has 0 spiro atoms. The van der Waals surface area contributed by atoms with Crippen molar-refractivity contribution in [3.63, 3.8) is 0 Å². The summed E-state index contributed by atoms with van der Waals surface area (Å²) in [7, 11) is 1.72. The maximum absolute atomic E-state index is 12.7. The Kier molecular flexibility index (Phi) is 3.35. The lowest BCUT2D eigenvalue weighted by molar-refractivity contribution is -0.136. The Morgan fingerprint density at radius 1 is 1.19 bits per heavy atom. The number of hydrogen-bond acceptors (Lipinski definition) is 3.